The second kappa shape index (κ2) is 9.53. The third kappa shape index (κ3) is 4.38. The summed E-state index contributed by atoms with van der Waals surface area (Å²) in [6.45, 7) is 2.89. The van der Waals surface area contributed by atoms with E-state index in [1.165, 1.54) is 14.1 Å². The summed E-state index contributed by atoms with van der Waals surface area (Å²) in [4.78, 5) is 50.2. The number of nitrogens with two attached hydrogens (primary N) is 1. The van der Waals surface area contributed by atoms with E-state index in [4.69, 9.17) is 19.7 Å². The van der Waals surface area contributed by atoms with Crippen molar-refractivity contribution in [2.24, 2.45) is 14.1 Å². The Balaban J connectivity index is 1.62. The van der Waals surface area contributed by atoms with E-state index in [1.807, 2.05) is 24.3 Å². The van der Waals surface area contributed by atoms with Crippen molar-refractivity contribution in [1.82, 2.24) is 14.3 Å². The highest BCUT2D eigenvalue weighted by Gasteiger charge is 2.23. The minimum Gasteiger partial charge on any atom is -0.488 e. The van der Waals surface area contributed by atoms with Crippen LogP contribution in [0.5, 0.6) is 5.75 Å². The molecule has 2 heterocycles. The van der Waals surface area contributed by atoms with Gasteiger partial charge in [0.25, 0.3) is 5.56 Å². The predicted octanol–water partition coefficient (Wildman–Crippen LogP) is 2.04. The Hall–Kier alpha value is -4.67. The molecule has 0 aliphatic heterocycles. The van der Waals surface area contributed by atoms with Crippen molar-refractivity contribution in [2.45, 2.75) is 20.5 Å². The smallest absolute Gasteiger partial charge is 0.342 e. The van der Waals surface area contributed by atoms with Gasteiger partial charge in [0.1, 0.15) is 35.1 Å². The molecular weight excluding hydrogens is 468 g/mol. The number of benzene rings is 2. The average molecular weight is 492 g/mol. The van der Waals surface area contributed by atoms with E-state index in [2.05, 4.69) is 5.16 Å². The van der Waals surface area contributed by atoms with E-state index in [0.717, 1.165) is 25.5 Å². The van der Waals surface area contributed by atoms with Gasteiger partial charge in [-0.3, -0.25) is 18.7 Å². The second-order valence-electron chi connectivity index (χ2n) is 8.25. The maximum atomic E-state index is 13.0. The number of hydrogen-bond donors (Lipinski definition) is 1. The van der Waals surface area contributed by atoms with Crippen LogP contribution in [0.4, 0.5) is 5.82 Å². The number of carbonyl (C=O) groups is 2. The van der Waals surface area contributed by atoms with Crippen molar-refractivity contribution in [2.75, 3.05) is 12.3 Å². The number of Topliss-reactive ketones (excluding diaryl/α,β-unsaturated/α-hetero) is 1. The molecule has 0 radical (unpaired) electrons. The first-order chi connectivity index (χ1) is 17.1. The van der Waals surface area contributed by atoms with Crippen LogP contribution in [0.1, 0.15) is 37.7 Å². The number of carbonyl (C=O) groups excluding carboxylic acids is 2. The molecular formula is C25H24N4O7. The second-order valence-corrected chi connectivity index (χ2v) is 8.25. The van der Waals surface area contributed by atoms with E-state index in [0.29, 0.717) is 11.5 Å². The predicted molar refractivity (Wildman–Crippen MR) is 130 cm³/mol. The third-order valence-electron chi connectivity index (χ3n) is 5.94. The average Bonchev–Trinajstić information content (AvgIpc) is 3.19. The quantitative estimate of drug-likeness (QED) is 0.302. The Morgan fingerprint density at radius 1 is 1.06 bits per heavy atom. The monoisotopic (exact) mass is 492 g/mol. The molecule has 11 nitrogen and oxygen atoms in total. The van der Waals surface area contributed by atoms with Gasteiger partial charge < -0.3 is 19.7 Å². The van der Waals surface area contributed by atoms with Crippen LogP contribution >= 0.6 is 0 Å². The summed E-state index contributed by atoms with van der Waals surface area (Å²) in [6.07, 6.45) is 0. The zero-order valence-electron chi connectivity index (χ0n) is 20.2. The van der Waals surface area contributed by atoms with Gasteiger partial charge in [-0.25, -0.2) is 9.59 Å². The fraction of sp³-hybridized carbons (Fsp3) is 0.240. The van der Waals surface area contributed by atoms with Crippen LogP contribution in [0, 0.1) is 13.8 Å². The molecule has 0 bridgehead atoms. The normalized spacial score (nSPS) is 11.0. The zero-order chi connectivity index (χ0) is 26.1. The summed E-state index contributed by atoms with van der Waals surface area (Å²) in [5.41, 5.74) is 5.35. The highest BCUT2D eigenvalue weighted by molar-refractivity contribution is 6.03. The number of ether oxygens (including phenoxy) is 2. The number of esters is 1. The summed E-state index contributed by atoms with van der Waals surface area (Å²) >= 11 is 0. The lowest BCUT2D eigenvalue weighted by Crippen LogP contribution is -2.42. The largest absolute Gasteiger partial charge is 0.488 e. The van der Waals surface area contributed by atoms with E-state index in [-0.39, 0.29) is 23.7 Å². The number of anilines is 1. The van der Waals surface area contributed by atoms with Crippen molar-refractivity contribution in [3.05, 3.63) is 85.4 Å². The third-order valence-corrected chi connectivity index (χ3v) is 5.94. The molecule has 186 valence electrons. The molecule has 4 aromatic rings. The molecule has 0 fully saturated rings. The first-order valence-electron chi connectivity index (χ1n) is 10.9. The molecule has 4 rings (SSSR count). The lowest BCUT2D eigenvalue weighted by molar-refractivity contribution is 0.0470. The number of rotatable bonds is 7. The molecule has 0 amide bonds. The minimum atomic E-state index is -0.870. The standard InChI is InChI=1S/C25H24N4O7/c1-13-18(14(2)36-27-13)11-34-20-10-16-8-6-5-7-15(16)9-17(20)24(32)35-12-19(30)21-22(26)28(3)25(33)29(4)23(21)31/h5-10H,11-12,26H2,1-4H3. The minimum absolute atomic E-state index is 0.0922. The van der Waals surface area contributed by atoms with E-state index in [1.54, 1.807) is 26.0 Å². The van der Waals surface area contributed by atoms with Gasteiger partial charge in [0, 0.05) is 14.1 Å². The lowest BCUT2D eigenvalue weighted by atomic mass is 10.1. The number of nitrogen functional groups attached to an aromatic ring is 1. The van der Waals surface area contributed by atoms with Gasteiger partial charge in [-0.2, -0.15) is 0 Å². The number of nitrogens with zero attached hydrogens (tertiary/aromatic N) is 3. The van der Waals surface area contributed by atoms with Crippen LogP contribution in [0.25, 0.3) is 10.8 Å². The number of ketones is 1. The van der Waals surface area contributed by atoms with Gasteiger partial charge >= 0.3 is 11.7 Å². The molecule has 2 aromatic carbocycles. The molecule has 0 aliphatic rings. The maximum absolute atomic E-state index is 13.0. The molecule has 0 saturated carbocycles. The number of hydrogen-bond acceptors (Lipinski definition) is 9. The molecule has 0 saturated heterocycles. The van der Waals surface area contributed by atoms with Gasteiger partial charge in [0.2, 0.25) is 5.78 Å². The van der Waals surface area contributed by atoms with Crippen molar-refractivity contribution in [3.8, 4) is 5.75 Å². The SMILES string of the molecule is Cc1noc(C)c1COc1cc2ccccc2cc1C(=O)OCC(=O)c1c(N)n(C)c(=O)n(C)c1=O. The molecule has 0 unspecified atom stereocenters. The van der Waals surface area contributed by atoms with Crippen molar-refractivity contribution in [1.29, 1.82) is 0 Å². The van der Waals surface area contributed by atoms with Gasteiger partial charge in [0.15, 0.2) is 6.61 Å². The highest BCUT2D eigenvalue weighted by Crippen LogP contribution is 2.28. The summed E-state index contributed by atoms with van der Waals surface area (Å²) < 4.78 is 18.1. The number of fused-ring (bicyclic) bond motifs is 1. The first-order valence-corrected chi connectivity index (χ1v) is 10.9. The number of aryl methyl sites for hydroxylation is 2. The Labute approximate surface area is 204 Å². The van der Waals surface area contributed by atoms with E-state index < -0.39 is 35.2 Å². The molecule has 2 aromatic heterocycles. The Kier molecular flexibility index (Phi) is 6.47. The van der Waals surface area contributed by atoms with Crippen LogP contribution in [-0.2, 0) is 25.4 Å². The van der Waals surface area contributed by atoms with Gasteiger partial charge in [-0.15, -0.1) is 0 Å². The summed E-state index contributed by atoms with van der Waals surface area (Å²) in [5, 5.41) is 5.50. The molecule has 36 heavy (non-hydrogen) atoms. The Morgan fingerprint density at radius 3 is 2.36 bits per heavy atom. The summed E-state index contributed by atoms with van der Waals surface area (Å²) in [6, 6.07) is 10.7. The van der Waals surface area contributed by atoms with E-state index in [9.17, 15) is 19.2 Å². The highest BCUT2D eigenvalue weighted by atomic mass is 16.5. The summed E-state index contributed by atoms with van der Waals surface area (Å²) in [7, 11) is 2.56. The van der Waals surface area contributed by atoms with Crippen LogP contribution in [0.2, 0.25) is 0 Å². The zero-order valence-corrected chi connectivity index (χ0v) is 20.2. The van der Waals surface area contributed by atoms with Gasteiger partial charge in [0.05, 0.1) is 11.3 Å². The van der Waals surface area contributed by atoms with Crippen LogP contribution < -0.4 is 21.7 Å². The molecule has 2 N–H and O–H groups in total. The van der Waals surface area contributed by atoms with E-state index >= 15 is 0 Å². The maximum Gasteiger partial charge on any atom is 0.342 e. The lowest BCUT2D eigenvalue weighted by Gasteiger charge is -2.14. The van der Waals surface area contributed by atoms with Crippen LogP contribution in [0.3, 0.4) is 0 Å². The van der Waals surface area contributed by atoms with Crippen molar-refractivity contribution < 1.29 is 23.6 Å². The number of aromatic nitrogens is 3. The van der Waals surface area contributed by atoms with Crippen molar-refractivity contribution >= 4 is 28.3 Å². The van der Waals surface area contributed by atoms with Gasteiger partial charge in [-0.05, 0) is 36.8 Å². The van der Waals surface area contributed by atoms with Crippen LogP contribution in [0.15, 0.2) is 50.5 Å². The van der Waals surface area contributed by atoms with Crippen molar-refractivity contribution in [3.63, 3.8) is 0 Å². The van der Waals surface area contributed by atoms with Crippen LogP contribution in [-0.4, -0.2) is 32.7 Å². The Bertz CT molecular complexity index is 1610. The fourth-order valence-corrected chi connectivity index (χ4v) is 3.76. The molecule has 0 aliphatic carbocycles. The molecule has 0 spiro atoms. The first kappa shape index (κ1) is 24.5. The summed E-state index contributed by atoms with van der Waals surface area (Å²) in [5.74, 6) is -1.14. The fourth-order valence-electron chi connectivity index (χ4n) is 3.76. The topological polar surface area (TPSA) is 149 Å². The molecule has 0 atom stereocenters. The Morgan fingerprint density at radius 2 is 1.72 bits per heavy atom. The molecule has 11 heteroatoms. The van der Waals surface area contributed by atoms with Gasteiger partial charge in [-0.1, -0.05) is 29.4 Å².